The highest BCUT2D eigenvalue weighted by Crippen LogP contribution is 2.27. The van der Waals surface area contributed by atoms with E-state index in [0.29, 0.717) is 0 Å². The van der Waals surface area contributed by atoms with Crippen LogP contribution < -0.4 is 0 Å². The van der Waals surface area contributed by atoms with Crippen molar-refractivity contribution in [2.75, 3.05) is 0 Å². The Labute approximate surface area is 56.3 Å². The Morgan fingerprint density at radius 3 is 2.30 bits per heavy atom. The molecule has 0 fully saturated rings. The van der Waals surface area contributed by atoms with Gasteiger partial charge in [0.15, 0.2) is 0 Å². The molecule has 2 radical (unpaired) electrons. The van der Waals surface area contributed by atoms with Gasteiger partial charge in [-0.3, -0.25) is 0 Å². The van der Waals surface area contributed by atoms with Crippen LogP contribution in [0.2, 0.25) is 0 Å². The van der Waals surface area contributed by atoms with Crippen molar-refractivity contribution in [2.24, 2.45) is 0 Å². The molecule has 0 aliphatic heterocycles. The van der Waals surface area contributed by atoms with Crippen LogP contribution in [-0.2, 0) is 6.18 Å². The van der Waals surface area contributed by atoms with E-state index in [1.165, 1.54) is 6.07 Å². The fraction of sp³-hybridized carbons (Fsp3) is 0.143. The number of rotatable bonds is 0. The summed E-state index contributed by atoms with van der Waals surface area (Å²) in [6.07, 6.45) is -4.28. The minimum absolute atomic E-state index is 0.758. The molecule has 1 rings (SSSR count). The lowest BCUT2D eigenvalue weighted by Gasteiger charge is -2.03. The number of hydrogen-bond acceptors (Lipinski definition) is 0. The Hall–Kier alpha value is -0.990. The van der Waals surface area contributed by atoms with E-state index in [0.717, 1.165) is 12.1 Å². The van der Waals surface area contributed by atoms with Crippen molar-refractivity contribution >= 4 is 0 Å². The quantitative estimate of drug-likeness (QED) is 0.524. The molecular weight excluding hydrogens is 141 g/mol. The van der Waals surface area contributed by atoms with Gasteiger partial charge in [-0.1, -0.05) is 6.07 Å². The topological polar surface area (TPSA) is 0 Å². The lowest BCUT2D eigenvalue weighted by atomic mass is 10.2. The normalized spacial score (nSPS) is 11.5. The second-order valence-corrected chi connectivity index (χ2v) is 1.70. The Morgan fingerprint density at radius 2 is 2.00 bits per heavy atom. The first-order valence-electron chi connectivity index (χ1n) is 2.55. The van der Waals surface area contributed by atoms with Crippen LogP contribution >= 0.6 is 0 Å². The maximum absolute atomic E-state index is 11.7. The van der Waals surface area contributed by atoms with Gasteiger partial charge >= 0.3 is 6.18 Å². The lowest BCUT2D eigenvalue weighted by Crippen LogP contribution is -2.03. The van der Waals surface area contributed by atoms with Gasteiger partial charge in [0.05, 0.1) is 5.56 Å². The van der Waals surface area contributed by atoms with Crippen LogP contribution in [0.4, 0.5) is 13.2 Å². The predicted molar refractivity (Wildman–Crippen MR) is 29.1 cm³/mol. The predicted octanol–water partition coefficient (Wildman–Crippen LogP) is 2.31. The average Bonchev–Trinajstić information content (AvgIpc) is 1.88. The molecule has 0 aliphatic rings. The van der Waals surface area contributed by atoms with Crippen molar-refractivity contribution in [2.45, 2.75) is 6.18 Å². The SMILES string of the molecule is FC(F)(F)c1[c]c[c]cc1. The molecule has 1 aromatic carbocycles. The molecule has 0 amide bonds. The molecule has 0 aromatic heterocycles. The molecule has 0 saturated carbocycles. The molecule has 52 valence electrons. The van der Waals surface area contributed by atoms with Gasteiger partial charge in [-0.05, 0) is 24.3 Å². The van der Waals surface area contributed by atoms with Gasteiger partial charge in [-0.2, -0.15) is 13.2 Å². The number of halogens is 3. The highest BCUT2D eigenvalue weighted by atomic mass is 19.4. The summed E-state index contributed by atoms with van der Waals surface area (Å²) < 4.78 is 35.2. The first-order valence-corrected chi connectivity index (χ1v) is 2.55. The maximum Gasteiger partial charge on any atom is 0.417 e. The van der Waals surface area contributed by atoms with E-state index in [-0.39, 0.29) is 0 Å². The van der Waals surface area contributed by atoms with E-state index in [9.17, 15) is 13.2 Å². The van der Waals surface area contributed by atoms with Crippen molar-refractivity contribution in [3.63, 3.8) is 0 Å². The molecule has 3 heteroatoms. The monoisotopic (exact) mass is 144 g/mol. The summed E-state index contributed by atoms with van der Waals surface area (Å²) in [6, 6.07) is 7.73. The second kappa shape index (κ2) is 2.33. The van der Waals surface area contributed by atoms with Crippen LogP contribution in [-0.4, -0.2) is 0 Å². The van der Waals surface area contributed by atoms with Gasteiger partial charge in [-0.15, -0.1) is 0 Å². The second-order valence-electron chi connectivity index (χ2n) is 1.70. The highest BCUT2D eigenvalue weighted by Gasteiger charge is 2.29. The third-order valence-electron chi connectivity index (χ3n) is 0.963. The molecular formula is C7H3F3. The van der Waals surface area contributed by atoms with Crippen LogP contribution in [0.1, 0.15) is 5.56 Å². The molecule has 0 unspecified atom stereocenters. The zero-order valence-electron chi connectivity index (χ0n) is 4.87. The zero-order valence-corrected chi connectivity index (χ0v) is 4.87. The molecule has 0 atom stereocenters. The summed E-state index contributed by atoms with van der Waals surface area (Å²) in [7, 11) is 0. The van der Waals surface area contributed by atoms with Gasteiger partial charge in [0, 0.05) is 0 Å². The Balaban J connectivity index is 2.97. The van der Waals surface area contributed by atoms with Gasteiger partial charge < -0.3 is 0 Å². The highest BCUT2D eigenvalue weighted by molar-refractivity contribution is 5.15. The summed E-state index contributed by atoms with van der Waals surface area (Å²) in [5.41, 5.74) is -0.758. The van der Waals surface area contributed by atoms with E-state index in [1.54, 1.807) is 0 Å². The fourth-order valence-corrected chi connectivity index (χ4v) is 0.523. The summed E-state index contributed by atoms with van der Waals surface area (Å²) in [6.45, 7) is 0. The first-order chi connectivity index (χ1) is 4.61. The fourth-order valence-electron chi connectivity index (χ4n) is 0.523. The minimum atomic E-state index is -4.28. The molecule has 0 saturated heterocycles. The lowest BCUT2D eigenvalue weighted by molar-refractivity contribution is -0.137. The van der Waals surface area contributed by atoms with Crippen LogP contribution in [0.25, 0.3) is 0 Å². The van der Waals surface area contributed by atoms with Gasteiger partial charge in [-0.25, -0.2) is 0 Å². The average molecular weight is 144 g/mol. The zero-order chi connectivity index (χ0) is 7.61. The van der Waals surface area contributed by atoms with E-state index in [4.69, 9.17) is 0 Å². The van der Waals surface area contributed by atoms with Crippen molar-refractivity contribution in [3.8, 4) is 0 Å². The van der Waals surface area contributed by atoms with Gasteiger partial charge in [0.2, 0.25) is 0 Å². The van der Waals surface area contributed by atoms with E-state index in [1.807, 2.05) is 6.07 Å². The van der Waals surface area contributed by atoms with Gasteiger partial charge in [0.1, 0.15) is 0 Å². The third kappa shape index (κ3) is 1.50. The standard InChI is InChI=1S/C7H3F3/c8-7(9,10)6-4-2-1-3-5-6/h2-4H. The number of hydrogen-bond donors (Lipinski definition) is 0. The Morgan fingerprint density at radius 1 is 1.30 bits per heavy atom. The molecule has 10 heavy (non-hydrogen) atoms. The van der Waals surface area contributed by atoms with Crippen molar-refractivity contribution in [3.05, 3.63) is 35.9 Å². The van der Waals surface area contributed by atoms with Crippen LogP contribution in [0, 0.1) is 12.1 Å². The molecule has 0 spiro atoms. The molecule has 0 bridgehead atoms. The van der Waals surface area contributed by atoms with Crippen molar-refractivity contribution < 1.29 is 13.2 Å². The third-order valence-corrected chi connectivity index (χ3v) is 0.963. The van der Waals surface area contributed by atoms with E-state index >= 15 is 0 Å². The smallest absolute Gasteiger partial charge is 0.166 e. The number of benzene rings is 1. The van der Waals surface area contributed by atoms with Gasteiger partial charge in [0.25, 0.3) is 0 Å². The van der Waals surface area contributed by atoms with E-state index < -0.39 is 11.7 Å². The molecule has 0 N–H and O–H groups in total. The number of alkyl halides is 3. The van der Waals surface area contributed by atoms with Crippen molar-refractivity contribution in [1.29, 1.82) is 0 Å². The minimum Gasteiger partial charge on any atom is -0.166 e. The molecule has 0 aliphatic carbocycles. The van der Waals surface area contributed by atoms with E-state index in [2.05, 4.69) is 6.07 Å². The van der Waals surface area contributed by atoms with Crippen LogP contribution in [0.5, 0.6) is 0 Å². The summed E-state index contributed by atoms with van der Waals surface area (Å²) in [5.74, 6) is 0. The van der Waals surface area contributed by atoms with Crippen LogP contribution in [0.3, 0.4) is 0 Å². The largest absolute Gasteiger partial charge is 0.417 e. The Bertz CT molecular complexity index is 200. The first kappa shape index (κ1) is 7.12. The summed E-state index contributed by atoms with van der Waals surface area (Å²) in [5, 5.41) is 0. The Kier molecular flexibility index (Phi) is 1.66. The molecule has 0 heterocycles. The van der Waals surface area contributed by atoms with Crippen LogP contribution in [0.15, 0.2) is 18.2 Å². The molecule has 1 aromatic rings. The maximum atomic E-state index is 11.7. The molecule has 0 nitrogen and oxygen atoms in total. The van der Waals surface area contributed by atoms with Crippen molar-refractivity contribution in [1.82, 2.24) is 0 Å². The summed E-state index contributed by atoms with van der Waals surface area (Å²) >= 11 is 0. The summed E-state index contributed by atoms with van der Waals surface area (Å²) in [4.78, 5) is 0.